The third kappa shape index (κ3) is 3.84. The third-order valence-corrected chi connectivity index (χ3v) is 5.16. The number of aryl methyl sites for hydroxylation is 1. The van der Waals surface area contributed by atoms with Crippen molar-refractivity contribution < 1.29 is 4.74 Å². The summed E-state index contributed by atoms with van der Waals surface area (Å²) >= 11 is 5.24. The van der Waals surface area contributed by atoms with Crippen molar-refractivity contribution in [3.05, 3.63) is 50.1 Å². The molecule has 2 nitrogen and oxygen atoms in total. The van der Waals surface area contributed by atoms with E-state index < -0.39 is 0 Å². The van der Waals surface area contributed by atoms with Crippen LogP contribution in [0.2, 0.25) is 0 Å². The molecule has 20 heavy (non-hydrogen) atoms. The molecule has 1 heterocycles. The summed E-state index contributed by atoms with van der Waals surface area (Å²) in [6, 6.07) is 8.84. The van der Waals surface area contributed by atoms with Gasteiger partial charge in [0.15, 0.2) is 0 Å². The molecule has 1 unspecified atom stereocenters. The Labute approximate surface area is 133 Å². The van der Waals surface area contributed by atoms with E-state index in [4.69, 9.17) is 4.74 Å². The van der Waals surface area contributed by atoms with Gasteiger partial charge in [-0.25, -0.2) is 0 Å². The fraction of sp³-hybridized carbons (Fsp3) is 0.375. The van der Waals surface area contributed by atoms with E-state index in [1.807, 2.05) is 0 Å². The largest absolute Gasteiger partial charge is 0.488 e. The zero-order valence-electron chi connectivity index (χ0n) is 12.1. The molecular weight excluding hydrogens is 334 g/mol. The minimum atomic E-state index is 0.374. The summed E-state index contributed by atoms with van der Waals surface area (Å²) in [5, 5.41) is 5.49. The quantitative estimate of drug-likeness (QED) is 0.782. The molecule has 0 bridgehead atoms. The minimum Gasteiger partial charge on any atom is -0.488 e. The van der Waals surface area contributed by atoms with Gasteiger partial charge < -0.3 is 10.1 Å². The Bertz CT molecular complexity index is 567. The predicted octanol–water partition coefficient (Wildman–Crippen LogP) is 5.07. The van der Waals surface area contributed by atoms with E-state index in [2.05, 4.69) is 71.7 Å². The molecule has 1 aromatic carbocycles. The van der Waals surface area contributed by atoms with E-state index in [-0.39, 0.29) is 0 Å². The molecule has 1 aromatic heterocycles. The molecule has 2 aromatic rings. The third-order valence-electron chi connectivity index (χ3n) is 3.26. The highest BCUT2D eigenvalue weighted by Gasteiger charge is 2.08. The van der Waals surface area contributed by atoms with Gasteiger partial charge in [0.25, 0.3) is 0 Å². The zero-order valence-corrected chi connectivity index (χ0v) is 14.5. The van der Waals surface area contributed by atoms with Crippen molar-refractivity contribution in [2.45, 2.75) is 33.4 Å². The fourth-order valence-electron chi connectivity index (χ4n) is 2.10. The smallest absolute Gasteiger partial charge is 0.124 e. The lowest BCUT2D eigenvalue weighted by molar-refractivity contribution is 0.307. The molecule has 2 rings (SSSR count). The van der Waals surface area contributed by atoms with Crippen LogP contribution in [0.4, 0.5) is 0 Å². The van der Waals surface area contributed by atoms with Gasteiger partial charge >= 0.3 is 0 Å². The lowest BCUT2D eigenvalue weighted by Gasteiger charge is -2.15. The second-order valence-electron chi connectivity index (χ2n) is 4.78. The number of hydrogen-bond acceptors (Lipinski definition) is 3. The van der Waals surface area contributed by atoms with E-state index in [9.17, 15) is 0 Å². The number of benzene rings is 1. The van der Waals surface area contributed by atoms with Crippen molar-refractivity contribution >= 4 is 27.3 Å². The summed E-state index contributed by atoms with van der Waals surface area (Å²) in [6.07, 6.45) is 0. The molecule has 0 radical (unpaired) electrons. The number of hydrogen-bond donors (Lipinski definition) is 1. The first-order valence-corrected chi connectivity index (χ1v) is 8.47. The van der Waals surface area contributed by atoms with Crippen LogP contribution in [-0.4, -0.2) is 6.54 Å². The molecule has 0 spiro atoms. The van der Waals surface area contributed by atoms with E-state index in [1.54, 1.807) is 11.3 Å². The van der Waals surface area contributed by atoms with Gasteiger partial charge in [-0.05, 0) is 65.0 Å². The van der Waals surface area contributed by atoms with E-state index in [1.165, 1.54) is 16.0 Å². The van der Waals surface area contributed by atoms with E-state index >= 15 is 0 Å². The van der Waals surface area contributed by atoms with Crippen LogP contribution in [0.15, 0.2) is 34.1 Å². The maximum Gasteiger partial charge on any atom is 0.124 e. The van der Waals surface area contributed by atoms with E-state index in [0.29, 0.717) is 12.6 Å². The van der Waals surface area contributed by atoms with Gasteiger partial charge in [-0.2, -0.15) is 0 Å². The number of thiophene rings is 1. The summed E-state index contributed by atoms with van der Waals surface area (Å²) in [6.45, 7) is 7.99. The molecule has 0 fully saturated rings. The van der Waals surface area contributed by atoms with Gasteiger partial charge in [0, 0.05) is 10.5 Å². The second kappa shape index (κ2) is 7.25. The fourth-order valence-corrected chi connectivity index (χ4v) is 3.48. The number of halogens is 1. The first-order chi connectivity index (χ1) is 9.61. The maximum atomic E-state index is 5.92. The van der Waals surface area contributed by atoms with Gasteiger partial charge in [-0.1, -0.05) is 19.1 Å². The van der Waals surface area contributed by atoms with Gasteiger partial charge in [0.2, 0.25) is 0 Å². The molecule has 1 atom stereocenters. The van der Waals surface area contributed by atoms with E-state index in [0.717, 1.165) is 16.8 Å². The first kappa shape index (κ1) is 15.5. The molecule has 0 aliphatic carbocycles. The van der Waals surface area contributed by atoms with Gasteiger partial charge in [0.05, 0.1) is 4.88 Å². The van der Waals surface area contributed by atoms with Crippen LogP contribution in [0.1, 0.15) is 35.9 Å². The van der Waals surface area contributed by atoms with Crippen molar-refractivity contribution in [1.29, 1.82) is 0 Å². The second-order valence-corrected chi connectivity index (χ2v) is 6.64. The average Bonchev–Trinajstić information content (AvgIpc) is 2.83. The Balaban J connectivity index is 2.04. The summed E-state index contributed by atoms with van der Waals surface area (Å²) in [4.78, 5) is 1.22. The molecule has 4 heteroatoms. The lowest BCUT2D eigenvalue weighted by atomic mass is 10.1. The minimum absolute atomic E-state index is 0.374. The highest BCUT2D eigenvalue weighted by molar-refractivity contribution is 9.10. The summed E-state index contributed by atoms with van der Waals surface area (Å²) in [5.74, 6) is 0.956. The first-order valence-electron chi connectivity index (χ1n) is 6.80. The van der Waals surface area contributed by atoms with Crippen molar-refractivity contribution in [3.63, 3.8) is 0 Å². The molecule has 0 saturated heterocycles. The Hall–Kier alpha value is -0.840. The van der Waals surface area contributed by atoms with Crippen LogP contribution >= 0.6 is 27.3 Å². The van der Waals surface area contributed by atoms with Crippen LogP contribution in [-0.2, 0) is 6.61 Å². The Morgan fingerprint density at radius 3 is 2.75 bits per heavy atom. The van der Waals surface area contributed by atoms with Crippen LogP contribution in [0.25, 0.3) is 0 Å². The Morgan fingerprint density at radius 1 is 1.35 bits per heavy atom. The molecule has 1 N–H and O–H groups in total. The summed E-state index contributed by atoms with van der Waals surface area (Å²) in [7, 11) is 0. The molecule has 0 aliphatic rings. The Kier molecular flexibility index (Phi) is 5.64. The molecule has 0 amide bonds. The normalized spacial score (nSPS) is 12.4. The SMILES string of the molecule is CCNC(C)c1ccc(OCc2sccc2Br)c(C)c1. The highest BCUT2D eigenvalue weighted by Crippen LogP contribution is 2.27. The van der Waals surface area contributed by atoms with Gasteiger partial charge in [-0.15, -0.1) is 11.3 Å². The van der Waals surface area contributed by atoms with Crippen LogP contribution < -0.4 is 10.1 Å². The standard InChI is InChI=1S/C16H20BrNOS/c1-4-18-12(3)13-5-6-15(11(2)9-13)19-10-16-14(17)7-8-20-16/h5-9,12,18H,4,10H2,1-3H3. The Morgan fingerprint density at radius 2 is 2.15 bits per heavy atom. The van der Waals surface area contributed by atoms with Gasteiger partial charge in [-0.3, -0.25) is 0 Å². The van der Waals surface area contributed by atoms with Crippen LogP contribution in [0.5, 0.6) is 5.75 Å². The number of ether oxygens (including phenoxy) is 1. The predicted molar refractivity (Wildman–Crippen MR) is 89.6 cm³/mol. The molecule has 108 valence electrons. The molecule has 0 saturated carbocycles. The van der Waals surface area contributed by atoms with Crippen molar-refractivity contribution in [1.82, 2.24) is 5.32 Å². The highest BCUT2D eigenvalue weighted by atomic mass is 79.9. The average molecular weight is 354 g/mol. The monoisotopic (exact) mass is 353 g/mol. The lowest BCUT2D eigenvalue weighted by Crippen LogP contribution is -2.17. The maximum absolute atomic E-state index is 5.92. The zero-order chi connectivity index (χ0) is 14.5. The molecule has 0 aliphatic heterocycles. The number of nitrogens with one attached hydrogen (secondary N) is 1. The van der Waals surface area contributed by atoms with Crippen LogP contribution in [0, 0.1) is 6.92 Å². The van der Waals surface area contributed by atoms with Crippen LogP contribution in [0.3, 0.4) is 0 Å². The topological polar surface area (TPSA) is 21.3 Å². The van der Waals surface area contributed by atoms with Crippen molar-refractivity contribution in [2.75, 3.05) is 6.54 Å². The van der Waals surface area contributed by atoms with Gasteiger partial charge in [0.1, 0.15) is 12.4 Å². The molecular formula is C16H20BrNOS. The summed E-state index contributed by atoms with van der Waals surface area (Å²) < 4.78 is 7.04. The van der Waals surface area contributed by atoms with Crippen molar-refractivity contribution in [2.24, 2.45) is 0 Å². The summed E-state index contributed by atoms with van der Waals surface area (Å²) in [5.41, 5.74) is 2.48. The number of rotatable bonds is 6. The van der Waals surface area contributed by atoms with Crippen molar-refractivity contribution in [3.8, 4) is 5.75 Å².